The minimum absolute atomic E-state index is 0.176. The summed E-state index contributed by atoms with van der Waals surface area (Å²) in [4.78, 5) is 24.0. The molecule has 0 spiro atoms. The van der Waals surface area contributed by atoms with Crippen LogP contribution in [-0.2, 0) is 4.79 Å². The molecule has 0 radical (unpaired) electrons. The molecular formula is C16H20N4O2S. The third-order valence-corrected chi connectivity index (χ3v) is 4.23. The summed E-state index contributed by atoms with van der Waals surface area (Å²) < 4.78 is 0. The van der Waals surface area contributed by atoms with Gasteiger partial charge in [0.2, 0.25) is 11.0 Å². The highest BCUT2D eigenvalue weighted by Gasteiger charge is 2.15. The Hall–Kier alpha value is -2.28. The predicted molar refractivity (Wildman–Crippen MR) is 90.6 cm³/mol. The van der Waals surface area contributed by atoms with Crippen LogP contribution < -0.4 is 10.6 Å². The summed E-state index contributed by atoms with van der Waals surface area (Å²) in [5.41, 5.74) is 0.574. The maximum atomic E-state index is 12.0. The van der Waals surface area contributed by atoms with Crippen molar-refractivity contribution in [1.29, 1.82) is 0 Å². The number of carbonyl (C=O) groups is 2. The van der Waals surface area contributed by atoms with Gasteiger partial charge in [0, 0.05) is 23.9 Å². The van der Waals surface area contributed by atoms with E-state index in [1.807, 2.05) is 19.9 Å². The van der Waals surface area contributed by atoms with Crippen LogP contribution in [0.1, 0.15) is 48.5 Å². The fourth-order valence-electron chi connectivity index (χ4n) is 1.91. The van der Waals surface area contributed by atoms with Crippen molar-refractivity contribution in [1.82, 2.24) is 15.5 Å². The average molecular weight is 332 g/mol. The molecule has 2 amide bonds. The summed E-state index contributed by atoms with van der Waals surface area (Å²) in [6, 6.07) is 8.64. The molecule has 0 aliphatic carbocycles. The maximum Gasteiger partial charge on any atom is 0.251 e. The van der Waals surface area contributed by atoms with Gasteiger partial charge in [-0.15, -0.1) is 10.2 Å². The number of benzene rings is 1. The molecule has 1 aromatic carbocycles. The van der Waals surface area contributed by atoms with Crippen LogP contribution in [0.15, 0.2) is 30.3 Å². The fraction of sp³-hybridized carbons (Fsp3) is 0.375. The van der Waals surface area contributed by atoms with Gasteiger partial charge >= 0.3 is 0 Å². The number of anilines is 1. The van der Waals surface area contributed by atoms with E-state index in [4.69, 9.17) is 0 Å². The van der Waals surface area contributed by atoms with E-state index in [-0.39, 0.29) is 30.2 Å². The van der Waals surface area contributed by atoms with Gasteiger partial charge in [-0.25, -0.2) is 0 Å². The van der Waals surface area contributed by atoms with Crippen molar-refractivity contribution in [3.05, 3.63) is 40.9 Å². The number of hydrogen-bond acceptors (Lipinski definition) is 5. The number of nitrogens with zero attached hydrogens (tertiary/aromatic N) is 2. The van der Waals surface area contributed by atoms with Gasteiger partial charge in [0.05, 0.1) is 0 Å². The molecule has 1 aromatic heterocycles. The number of amides is 2. The van der Waals surface area contributed by atoms with Crippen LogP contribution in [0.25, 0.3) is 0 Å². The maximum absolute atomic E-state index is 12.0. The fourth-order valence-corrected chi connectivity index (χ4v) is 2.68. The second kappa shape index (κ2) is 7.82. The van der Waals surface area contributed by atoms with Gasteiger partial charge in [-0.05, 0) is 19.1 Å². The van der Waals surface area contributed by atoms with E-state index in [9.17, 15) is 9.59 Å². The molecule has 0 saturated carbocycles. The minimum atomic E-state index is -0.278. The van der Waals surface area contributed by atoms with Crippen molar-refractivity contribution < 1.29 is 9.59 Å². The van der Waals surface area contributed by atoms with Crippen LogP contribution in [0.5, 0.6) is 0 Å². The van der Waals surface area contributed by atoms with Crippen molar-refractivity contribution in [3.63, 3.8) is 0 Å². The van der Waals surface area contributed by atoms with Crippen LogP contribution in [0.2, 0.25) is 0 Å². The molecule has 2 aromatic rings. The van der Waals surface area contributed by atoms with Gasteiger partial charge in [-0.2, -0.15) is 0 Å². The third kappa shape index (κ3) is 5.14. The van der Waals surface area contributed by atoms with E-state index >= 15 is 0 Å². The molecule has 0 unspecified atom stereocenters. The number of nitrogens with one attached hydrogen (secondary N) is 2. The number of carbonyl (C=O) groups excluding carboxylic acids is 2. The van der Waals surface area contributed by atoms with Crippen LogP contribution >= 0.6 is 11.3 Å². The smallest absolute Gasteiger partial charge is 0.251 e. The monoisotopic (exact) mass is 332 g/mol. The summed E-state index contributed by atoms with van der Waals surface area (Å²) in [5, 5.41) is 14.8. The molecule has 7 heteroatoms. The Bertz CT molecular complexity index is 670. The first kappa shape index (κ1) is 17.1. The van der Waals surface area contributed by atoms with Gasteiger partial charge in [0.15, 0.2) is 0 Å². The Morgan fingerprint density at radius 3 is 2.43 bits per heavy atom. The molecule has 2 N–H and O–H groups in total. The number of hydrogen-bond donors (Lipinski definition) is 2. The van der Waals surface area contributed by atoms with Gasteiger partial charge in [0.1, 0.15) is 5.01 Å². The van der Waals surface area contributed by atoms with E-state index in [1.54, 1.807) is 31.2 Å². The molecule has 1 heterocycles. The molecule has 1 atom stereocenters. The molecule has 2 rings (SSSR count). The Kier molecular flexibility index (Phi) is 5.81. The van der Waals surface area contributed by atoms with E-state index in [0.29, 0.717) is 10.7 Å². The average Bonchev–Trinajstić information content (AvgIpc) is 2.96. The second-order valence-electron chi connectivity index (χ2n) is 5.59. The molecule has 0 saturated heterocycles. The van der Waals surface area contributed by atoms with Gasteiger partial charge in [-0.1, -0.05) is 43.4 Å². The summed E-state index contributed by atoms with van der Waals surface area (Å²) in [7, 11) is 0. The van der Waals surface area contributed by atoms with Crippen LogP contribution in [0.4, 0.5) is 5.13 Å². The normalized spacial score (nSPS) is 12.0. The van der Waals surface area contributed by atoms with Gasteiger partial charge < -0.3 is 10.6 Å². The van der Waals surface area contributed by atoms with Crippen molar-refractivity contribution in [2.45, 2.75) is 39.2 Å². The second-order valence-corrected chi connectivity index (χ2v) is 6.60. The topological polar surface area (TPSA) is 84.0 Å². The molecular weight excluding hydrogens is 312 g/mol. The van der Waals surface area contributed by atoms with E-state index < -0.39 is 0 Å². The Labute approximate surface area is 139 Å². The van der Waals surface area contributed by atoms with Crippen LogP contribution in [-0.4, -0.2) is 28.1 Å². The number of rotatable bonds is 6. The quantitative estimate of drug-likeness (QED) is 0.852. The highest BCUT2D eigenvalue weighted by molar-refractivity contribution is 7.15. The zero-order chi connectivity index (χ0) is 16.8. The largest absolute Gasteiger partial charge is 0.349 e. The van der Waals surface area contributed by atoms with Crippen molar-refractivity contribution in [3.8, 4) is 0 Å². The lowest BCUT2D eigenvalue weighted by molar-refractivity contribution is -0.116. The first-order valence-electron chi connectivity index (χ1n) is 7.45. The third-order valence-electron chi connectivity index (χ3n) is 3.09. The van der Waals surface area contributed by atoms with Gasteiger partial charge in [0.25, 0.3) is 5.91 Å². The molecule has 122 valence electrons. The van der Waals surface area contributed by atoms with Gasteiger partial charge in [-0.3, -0.25) is 9.59 Å². The highest BCUT2D eigenvalue weighted by Crippen LogP contribution is 2.22. The zero-order valence-corrected chi connectivity index (χ0v) is 14.2. The number of aromatic nitrogens is 2. The first-order valence-corrected chi connectivity index (χ1v) is 8.26. The molecule has 23 heavy (non-hydrogen) atoms. The summed E-state index contributed by atoms with van der Waals surface area (Å²) in [6.45, 7) is 5.83. The van der Waals surface area contributed by atoms with Crippen LogP contribution in [0, 0.1) is 0 Å². The molecule has 6 nitrogen and oxygen atoms in total. The van der Waals surface area contributed by atoms with Crippen LogP contribution in [0.3, 0.4) is 0 Å². The zero-order valence-electron chi connectivity index (χ0n) is 13.4. The van der Waals surface area contributed by atoms with Crippen molar-refractivity contribution in [2.75, 3.05) is 5.32 Å². The highest BCUT2D eigenvalue weighted by atomic mass is 32.1. The van der Waals surface area contributed by atoms with Crippen molar-refractivity contribution >= 4 is 28.3 Å². The standard InChI is InChI=1S/C16H20N4O2S/c1-10(2)15-19-20-16(23-15)18-13(21)9-11(3)17-14(22)12-7-5-4-6-8-12/h4-8,10-11H,9H2,1-3H3,(H,17,22)(H,18,20,21)/t11-/m0/s1. The summed E-state index contributed by atoms with van der Waals surface area (Å²) in [5.74, 6) is -0.108. The predicted octanol–water partition coefficient (Wildman–Crippen LogP) is 2.81. The Morgan fingerprint density at radius 1 is 1.13 bits per heavy atom. The Balaban J connectivity index is 1.83. The van der Waals surface area contributed by atoms with E-state index in [2.05, 4.69) is 20.8 Å². The summed E-state index contributed by atoms with van der Waals surface area (Å²) >= 11 is 1.37. The summed E-state index contributed by atoms with van der Waals surface area (Å²) in [6.07, 6.45) is 0.176. The molecule has 0 aliphatic rings. The van der Waals surface area contributed by atoms with Crippen molar-refractivity contribution in [2.24, 2.45) is 0 Å². The lowest BCUT2D eigenvalue weighted by Crippen LogP contribution is -2.35. The minimum Gasteiger partial charge on any atom is -0.349 e. The van der Waals surface area contributed by atoms with E-state index in [1.165, 1.54) is 11.3 Å². The molecule has 0 aliphatic heterocycles. The van der Waals surface area contributed by atoms with E-state index in [0.717, 1.165) is 5.01 Å². The Morgan fingerprint density at radius 2 is 1.83 bits per heavy atom. The SMILES string of the molecule is CC(C)c1nnc(NC(=O)C[C@H](C)NC(=O)c2ccccc2)s1. The molecule has 0 bridgehead atoms. The molecule has 0 fully saturated rings. The lowest BCUT2D eigenvalue weighted by atomic mass is 10.1. The lowest BCUT2D eigenvalue weighted by Gasteiger charge is -2.13. The first-order chi connectivity index (χ1) is 11.0.